The third kappa shape index (κ3) is 1.21. The van der Waals surface area contributed by atoms with Gasteiger partial charge >= 0.3 is 11.9 Å². The quantitative estimate of drug-likeness (QED) is 0.531. The second kappa shape index (κ2) is 2.96. The molecule has 1 aromatic carbocycles. The summed E-state index contributed by atoms with van der Waals surface area (Å²) in [6.45, 7) is 0. The highest BCUT2D eigenvalue weighted by Gasteiger charge is 2.62. The average molecular weight is 231 g/mol. The minimum Gasteiger partial charge on any atom is -0.286 e. The fraction of sp³-hybridized carbons (Fsp3) is 0.385. The fourth-order valence-electron chi connectivity index (χ4n) is 2.88. The Labute approximate surface area is 99.8 Å². The normalized spacial score (nSPS) is 23.9. The maximum atomic E-state index is 12.4. The largest absolute Gasteiger partial charge is 0.424 e. The molecule has 1 saturated heterocycles. The number of imide groups is 1. The summed E-state index contributed by atoms with van der Waals surface area (Å²) in [5, 5.41) is 2.90. The van der Waals surface area contributed by atoms with Gasteiger partial charge in [0.2, 0.25) is 0 Å². The molecule has 1 aliphatic carbocycles. The SMILES string of the molecule is C[N+]1(C)C(=O)NC2(Cc3ccccc3C2)C1=O. The smallest absolute Gasteiger partial charge is 0.286 e. The van der Waals surface area contributed by atoms with Crippen LogP contribution in [-0.4, -0.2) is 36.1 Å². The van der Waals surface area contributed by atoms with Crippen molar-refractivity contribution in [2.75, 3.05) is 14.1 Å². The molecule has 4 nitrogen and oxygen atoms in total. The zero-order valence-corrected chi connectivity index (χ0v) is 9.99. The van der Waals surface area contributed by atoms with Crippen molar-refractivity contribution in [2.24, 2.45) is 0 Å². The van der Waals surface area contributed by atoms with Crippen LogP contribution in [0.3, 0.4) is 0 Å². The second-order valence-corrected chi connectivity index (χ2v) is 5.39. The molecule has 4 heteroatoms. The Morgan fingerprint density at radius 2 is 1.65 bits per heavy atom. The number of hydrogen-bond acceptors (Lipinski definition) is 2. The molecule has 0 saturated carbocycles. The number of carbonyl (C=O) groups excluding carboxylic acids is 2. The molecule has 0 aromatic heterocycles. The van der Waals surface area contributed by atoms with Crippen LogP contribution >= 0.6 is 0 Å². The number of quaternary nitrogens is 1. The van der Waals surface area contributed by atoms with Gasteiger partial charge in [-0.15, -0.1) is 0 Å². The van der Waals surface area contributed by atoms with Crippen LogP contribution in [0.5, 0.6) is 0 Å². The van der Waals surface area contributed by atoms with Gasteiger partial charge in [0.05, 0.1) is 14.1 Å². The van der Waals surface area contributed by atoms with Crippen molar-refractivity contribution in [1.29, 1.82) is 0 Å². The van der Waals surface area contributed by atoms with E-state index in [9.17, 15) is 9.59 Å². The first-order chi connectivity index (χ1) is 7.96. The Kier molecular flexibility index (Phi) is 1.82. The van der Waals surface area contributed by atoms with E-state index in [1.807, 2.05) is 24.3 Å². The summed E-state index contributed by atoms with van der Waals surface area (Å²) in [6, 6.07) is 7.80. The van der Waals surface area contributed by atoms with Crippen molar-refractivity contribution in [2.45, 2.75) is 18.4 Å². The summed E-state index contributed by atoms with van der Waals surface area (Å²) >= 11 is 0. The van der Waals surface area contributed by atoms with Crippen LogP contribution in [0, 0.1) is 0 Å². The van der Waals surface area contributed by atoms with Gasteiger partial charge in [0.1, 0.15) is 0 Å². The van der Waals surface area contributed by atoms with Crippen LogP contribution in [0.2, 0.25) is 0 Å². The van der Waals surface area contributed by atoms with E-state index in [4.69, 9.17) is 0 Å². The molecule has 3 rings (SSSR count). The number of urea groups is 1. The summed E-state index contributed by atoms with van der Waals surface area (Å²) < 4.78 is -0.200. The van der Waals surface area contributed by atoms with Gasteiger partial charge in [-0.05, 0) is 11.1 Å². The third-order valence-corrected chi connectivity index (χ3v) is 3.87. The third-order valence-electron chi connectivity index (χ3n) is 3.87. The lowest BCUT2D eigenvalue weighted by molar-refractivity contribution is -0.723. The maximum Gasteiger partial charge on any atom is 0.424 e. The predicted molar refractivity (Wildman–Crippen MR) is 62.2 cm³/mol. The number of benzene rings is 1. The van der Waals surface area contributed by atoms with E-state index in [2.05, 4.69) is 5.32 Å². The highest BCUT2D eigenvalue weighted by Crippen LogP contribution is 2.36. The number of nitrogens with zero attached hydrogens (tertiary/aromatic N) is 1. The molecular formula is C13H15N2O2+. The summed E-state index contributed by atoms with van der Waals surface area (Å²) in [5.41, 5.74) is 1.63. The average Bonchev–Trinajstić information content (AvgIpc) is 2.72. The van der Waals surface area contributed by atoms with E-state index < -0.39 is 5.54 Å². The molecule has 88 valence electrons. The van der Waals surface area contributed by atoms with Gasteiger partial charge in [-0.1, -0.05) is 24.3 Å². The zero-order valence-electron chi connectivity index (χ0n) is 9.99. The van der Waals surface area contributed by atoms with E-state index in [0.29, 0.717) is 12.8 Å². The van der Waals surface area contributed by atoms with Crippen molar-refractivity contribution < 1.29 is 14.1 Å². The predicted octanol–water partition coefficient (Wildman–Crippen LogP) is 0.850. The monoisotopic (exact) mass is 231 g/mol. The maximum absolute atomic E-state index is 12.4. The Morgan fingerprint density at radius 3 is 2.06 bits per heavy atom. The van der Waals surface area contributed by atoms with Gasteiger partial charge in [0, 0.05) is 12.8 Å². The molecule has 1 spiro atoms. The van der Waals surface area contributed by atoms with Crippen molar-refractivity contribution in [3.63, 3.8) is 0 Å². The molecule has 0 unspecified atom stereocenters. The number of carbonyl (C=O) groups is 2. The molecule has 1 fully saturated rings. The van der Waals surface area contributed by atoms with Crippen LogP contribution in [-0.2, 0) is 17.6 Å². The number of rotatable bonds is 0. The molecule has 1 heterocycles. The minimum atomic E-state index is -0.704. The van der Waals surface area contributed by atoms with Crippen LogP contribution in [0.25, 0.3) is 0 Å². The molecule has 1 aliphatic heterocycles. The number of hydrogen-bond donors (Lipinski definition) is 1. The molecule has 0 atom stereocenters. The summed E-state index contributed by atoms with van der Waals surface area (Å²) in [6.07, 6.45) is 1.24. The van der Waals surface area contributed by atoms with Gasteiger partial charge in [0.15, 0.2) is 5.54 Å². The lowest BCUT2D eigenvalue weighted by Crippen LogP contribution is -2.51. The first-order valence-corrected chi connectivity index (χ1v) is 5.74. The molecule has 17 heavy (non-hydrogen) atoms. The van der Waals surface area contributed by atoms with Gasteiger partial charge in [-0.25, -0.2) is 9.59 Å². The lowest BCUT2D eigenvalue weighted by atomic mass is 9.95. The number of fused-ring (bicyclic) bond motifs is 1. The van der Waals surface area contributed by atoms with Crippen molar-refractivity contribution in [1.82, 2.24) is 5.32 Å². The van der Waals surface area contributed by atoms with E-state index in [-0.39, 0.29) is 16.4 Å². The van der Waals surface area contributed by atoms with E-state index in [0.717, 1.165) is 0 Å². The van der Waals surface area contributed by atoms with Crippen LogP contribution < -0.4 is 5.32 Å². The first kappa shape index (κ1) is 10.5. The highest BCUT2D eigenvalue weighted by molar-refractivity contribution is 5.98. The number of nitrogens with one attached hydrogen (secondary N) is 1. The number of likely N-dealkylation sites (N-methyl/N-ethyl adjacent to an activating group) is 1. The molecule has 2 aliphatic rings. The molecule has 0 bridgehead atoms. The van der Waals surface area contributed by atoms with Gasteiger partial charge < -0.3 is 0 Å². The van der Waals surface area contributed by atoms with E-state index in [1.54, 1.807) is 14.1 Å². The Balaban J connectivity index is 2.04. The molecule has 1 aromatic rings. The van der Waals surface area contributed by atoms with Crippen molar-refractivity contribution in [3.05, 3.63) is 35.4 Å². The first-order valence-electron chi connectivity index (χ1n) is 5.74. The molecule has 1 N–H and O–H groups in total. The number of amides is 3. The molecule has 3 amide bonds. The van der Waals surface area contributed by atoms with Gasteiger partial charge in [0.25, 0.3) is 0 Å². The minimum absolute atomic E-state index is 0.0290. The van der Waals surface area contributed by atoms with Crippen molar-refractivity contribution in [3.8, 4) is 0 Å². The zero-order chi connectivity index (χ0) is 12.3. The van der Waals surface area contributed by atoms with Crippen molar-refractivity contribution >= 4 is 11.9 Å². The van der Waals surface area contributed by atoms with E-state index in [1.165, 1.54) is 11.1 Å². The van der Waals surface area contributed by atoms with Gasteiger partial charge in [-0.3, -0.25) is 5.32 Å². The molecular weight excluding hydrogens is 216 g/mol. The van der Waals surface area contributed by atoms with Crippen LogP contribution in [0.15, 0.2) is 24.3 Å². The van der Waals surface area contributed by atoms with E-state index >= 15 is 0 Å². The topological polar surface area (TPSA) is 46.2 Å². The fourth-order valence-corrected chi connectivity index (χ4v) is 2.88. The van der Waals surface area contributed by atoms with Gasteiger partial charge in [-0.2, -0.15) is 4.48 Å². The Bertz CT molecular complexity index is 509. The Hall–Kier alpha value is -1.68. The second-order valence-electron chi connectivity index (χ2n) is 5.39. The van der Waals surface area contributed by atoms with Crippen LogP contribution in [0.1, 0.15) is 11.1 Å². The highest BCUT2D eigenvalue weighted by atomic mass is 16.2. The molecule has 0 radical (unpaired) electrons. The lowest BCUT2D eigenvalue weighted by Gasteiger charge is -2.19. The summed E-state index contributed by atoms with van der Waals surface area (Å²) in [5.74, 6) is -0.0290. The summed E-state index contributed by atoms with van der Waals surface area (Å²) in [4.78, 5) is 24.3. The summed E-state index contributed by atoms with van der Waals surface area (Å²) in [7, 11) is 3.30. The standard InChI is InChI=1S/C13H14N2O2/c1-15(2)11(16)13(14-12(15)17)7-9-5-3-4-6-10(9)8-13/h3-6H,7-8H2,1-2H3/p+1. The Morgan fingerprint density at radius 1 is 1.12 bits per heavy atom. The van der Waals surface area contributed by atoms with Crippen LogP contribution in [0.4, 0.5) is 4.79 Å².